The molecular weight excluding hydrogens is 188 g/mol. The number of nitrogens with one attached hydrogen (secondary N) is 1. The molecule has 1 fully saturated rings. The Morgan fingerprint density at radius 2 is 2.60 bits per heavy atom. The summed E-state index contributed by atoms with van der Waals surface area (Å²) in [6, 6.07) is 4.42. The van der Waals surface area contributed by atoms with Gasteiger partial charge in [-0.3, -0.25) is 4.98 Å². The molecule has 0 aromatic carbocycles. The van der Waals surface area contributed by atoms with Gasteiger partial charge in [0.1, 0.15) is 0 Å². The largest absolute Gasteiger partial charge is 0.377 e. The van der Waals surface area contributed by atoms with Gasteiger partial charge in [0.05, 0.1) is 6.10 Å². The van der Waals surface area contributed by atoms with Crippen molar-refractivity contribution >= 4 is 0 Å². The normalized spacial score (nSPS) is 22.9. The van der Waals surface area contributed by atoms with E-state index in [4.69, 9.17) is 4.74 Å². The quantitative estimate of drug-likeness (QED) is 0.817. The Hall–Kier alpha value is -0.930. The molecule has 2 heterocycles. The molecule has 1 aliphatic heterocycles. The zero-order valence-corrected chi connectivity index (χ0v) is 9.15. The summed E-state index contributed by atoms with van der Waals surface area (Å²) in [7, 11) is 0. The van der Waals surface area contributed by atoms with Crippen LogP contribution in [0.5, 0.6) is 0 Å². The summed E-state index contributed by atoms with van der Waals surface area (Å²) in [6.07, 6.45) is 6.51. The first-order chi connectivity index (χ1) is 7.36. The van der Waals surface area contributed by atoms with Gasteiger partial charge in [0.2, 0.25) is 0 Å². The fraction of sp³-hybridized carbons (Fsp3) is 0.583. The predicted octanol–water partition coefficient (Wildman–Crippen LogP) is 1.91. The molecule has 0 spiro atoms. The van der Waals surface area contributed by atoms with Crippen molar-refractivity contribution in [3.63, 3.8) is 0 Å². The highest BCUT2D eigenvalue weighted by Crippen LogP contribution is 2.14. The van der Waals surface area contributed by atoms with Crippen molar-refractivity contribution in [2.75, 3.05) is 13.2 Å². The first-order valence-electron chi connectivity index (χ1n) is 5.61. The zero-order chi connectivity index (χ0) is 10.5. The summed E-state index contributed by atoms with van der Waals surface area (Å²) >= 11 is 0. The molecule has 1 aromatic rings. The molecule has 0 amide bonds. The van der Waals surface area contributed by atoms with Gasteiger partial charge in [-0.1, -0.05) is 6.07 Å². The molecule has 3 nitrogen and oxygen atoms in total. The van der Waals surface area contributed by atoms with Gasteiger partial charge < -0.3 is 10.1 Å². The van der Waals surface area contributed by atoms with Crippen LogP contribution in [-0.4, -0.2) is 24.2 Å². The van der Waals surface area contributed by atoms with Gasteiger partial charge in [0.25, 0.3) is 0 Å². The highest BCUT2D eigenvalue weighted by molar-refractivity contribution is 5.12. The average Bonchev–Trinajstić information content (AvgIpc) is 2.80. The third kappa shape index (κ3) is 3.01. The monoisotopic (exact) mass is 206 g/mol. The number of hydrogen-bond donors (Lipinski definition) is 1. The van der Waals surface area contributed by atoms with E-state index in [9.17, 15) is 0 Å². The van der Waals surface area contributed by atoms with Crippen molar-refractivity contribution in [3.05, 3.63) is 30.1 Å². The van der Waals surface area contributed by atoms with Crippen LogP contribution in [0.15, 0.2) is 24.5 Å². The van der Waals surface area contributed by atoms with Gasteiger partial charge in [-0.15, -0.1) is 0 Å². The summed E-state index contributed by atoms with van der Waals surface area (Å²) in [4.78, 5) is 4.11. The lowest BCUT2D eigenvalue weighted by Gasteiger charge is -2.16. The minimum Gasteiger partial charge on any atom is -0.377 e. The number of aromatic nitrogens is 1. The molecular formula is C12H18N2O. The van der Waals surface area contributed by atoms with Crippen LogP contribution in [0.4, 0.5) is 0 Å². The second-order valence-corrected chi connectivity index (χ2v) is 4.05. The molecule has 2 rings (SSSR count). The topological polar surface area (TPSA) is 34.1 Å². The van der Waals surface area contributed by atoms with E-state index in [0.29, 0.717) is 12.1 Å². The molecule has 2 atom stereocenters. The number of nitrogens with zero attached hydrogens (tertiary/aromatic N) is 1. The number of pyridine rings is 1. The van der Waals surface area contributed by atoms with Gasteiger partial charge in [0.15, 0.2) is 0 Å². The molecule has 0 bridgehead atoms. The lowest BCUT2D eigenvalue weighted by Crippen LogP contribution is -2.28. The Morgan fingerprint density at radius 1 is 1.67 bits per heavy atom. The zero-order valence-electron chi connectivity index (χ0n) is 9.15. The van der Waals surface area contributed by atoms with Crippen molar-refractivity contribution < 1.29 is 4.74 Å². The van der Waals surface area contributed by atoms with Crippen LogP contribution in [0.2, 0.25) is 0 Å². The summed E-state index contributed by atoms with van der Waals surface area (Å²) in [5.74, 6) is 0. The van der Waals surface area contributed by atoms with E-state index in [1.165, 1.54) is 18.4 Å². The summed E-state index contributed by atoms with van der Waals surface area (Å²) in [6.45, 7) is 4.02. The Labute approximate surface area is 90.9 Å². The maximum Gasteiger partial charge on any atom is 0.0700 e. The van der Waals surface area contributed by atoms with Crippen LogP contribution in [0.1, 0.15) is 31.4 Å². The van der Waals surface area contributed by atoms with E-state index in [0.717, 1.165) is 13.2 Å². The SMILES string of the molecule is C[C@@H](NC[C@@H]1CCCO1)c1cccnc1. The highest BCUT2D eigenvalue weighted by atomic mass is 16.5. The van der Waals surface area contributed by atoms with Crippen molar-refractivity contribution in [1.29, 1.82) is 0 Å². The van der Waals surface area contributed by atoms with Crippen molar-refractivity contribution in [3.8, 4) is 0 Å². The van der Waals surface area contributed by atoms with Crippen LogP contribution in [0.25, 0.3) is 0 Å². The molecule has 1 aromatic heterocycles. The number of rotatable bonds is 4. The maximum absolute atomic E-state index is 5.56. The van der Waals surface area contributed by atoms with Gasteiger partial charge in [-0.2, -0.15) is 0 Å². The van der Waals surface area contributed by atoms with Crippen LogP contribution in [0, 0.1) is 0 Å². The molecule has 0 saturated carbocycles. The second kappa shape index (κ2) is 5.24. The first kappa shape index (κ1) is 10.6. The van der Waals surface area contributed by atoms with Gasteiger partial charge >= 0.3 is 0 Å². The van der Waals surface area contributed by atoms with Crippen molar-refractivity contribution in [2.45, 2.75) is 31.9 Å². The molecule has 1 aliphatic rings. The second-order valence-electron chi connectivity index (χ2n) is 4.05. The minimum atomic E-state index is 0.350. The van der Waals surface area contributed by atoms with Gasteiger partial charge in [0, 0.05) is 31.6 Å². The summed E-state index contributed by atoms with van der Waals surface area (Å²) in [5.41, 5.74) is 1.23. The van der Waals surface area contributed by atoms with Crippen molar-refractivity contribution in [2.24, 2.45) is 0 Å². The van der Waals surface area contributed by atoms with E-state index >= 15 is 0 Å². The summed E-state index contributed by atoms with van der Waals surface area (Å²) in [5, 5.41) is 3.48. The molecule has 1 N–H and O–H groups in total. The molecule has 82 valence electrons. The van der Waals surface area contributed by atoms with E-state index in [-0.39, 0.29) is 0 Å². The van der Waals surface area contributed by atoms with Crippen LogP contribution in [-0.2, 0) is 4.74 Å². The fourth-order valence-corrected chi connectivity index (χ4v) is 1.86. The Bertz CT molecular complexity index is 283. The summed E-state index contributed by atoms with van der Waals surface area (Å²) < 4.78 is 5.56. The van der Waals surface area contributed by atoms with E-state index < -0.39 is 0 Å². The molecule has 3 heteroatoms. The first-order valence-corrected chi connectivity index (χ1v) is 5.61. The van der Waals surface area contributed by atoms with E-state index in [1.807, 2.05) is 12.3 Å². The molecule has 0 aliphatic carbocycles. The molecule has 15 heavy (non-hydrogen) atoms. The van der Waals surface area contributed by atoms with Crippen LogP contribution in [0.3, 0.4) is 0 Å². The Morgan fingerprint density at radius 3 is 3.27 bits per heavy atom. The van der Waals surface area contributed by atoms with Crippen molar-refractivity contribution in [1.82, 2.24) is 10.3 Å². The Balaban J connectivity index is 1.79. The van der Waals surface area contributed by atoms with Gasteiger partial charge in [-0.05, 0) is 31.4 Å². The van der Waals surface area contributed by atoms with E-state index in [2.05, 4.69) is 23.3 Å². The Kier molecular flexibility index (Phi) is 3.69. The average molecular weight is 206 g/mol. The van der Waals surface area contributed by atoms with Gasteiger partial charge in [-0.25, -0.2) is 0 Å². The third-order valence-electron chi connectivity index (χ3n) is 2.86. The third-order valence-corrected chi connectivity index (χ3v) is 2.86. The maximum atomic E-state index is 5.56. The number of hydrogen-bond acceptors (Lipinski definition) is 3. The minimum absolute atomic E-state index is 0.350. The van der Waals surface area contributed by atoms with Crippen LogP contribution >= 0.6 is 0 Å². The smallest absolute Gasteiger partial charge is 0.0700 e. The number of ether oxygens (including phenoxy) is 1. The molecule has 0 radical (unpaired) electrons. The van der Waals surface area contributed by atoms with E-state index in [1.54, 1.807) is 6.20 Å². The lowest BCUT2D eigenvalue weighted by molar-refractivity contribution is 0.108. The highest BCUT2D eigenvalue weighted by Gasteiger charge is 2.16. The lowest BCUT2D eigenvalue weighted by atomic mass is 10.1. The molecule has 0 unspecified atom stereocenters. The predicted molar refractivity (Wildman–Crippen MR) is 59.6 cm³/mol. The fourth-order valence-electron chi connectivity index (χ4n) is 1.86. The standard InChI is InChI=1S/C12H18N2O/c1-10(11-4-2-6-13-8-11)14-9-12-5-3-7-15-12/h2,4,6,8,10,12,14H,3,5,7,9H2,1H3/t10-,12+/m1/s1. The van der Waals surface area contributed by atoms with Crippen LogP contribution < -0.4 is 5.32 Å². The molecule has 1 saturated heterocycles.